The van der Waals surface area contributed by atoms with E-state index < -0.39 is 28.8 Å². The van der Waals surface area contributed by atoms with Gasteiger partial charge in [-0.15, -0.1) is 0 Å². The van der Waals surface area contributed by atoms with Crippen LogP contribution in [0.3, 0.4) is 0 Å². The Morgan fingerprint density at radius 3 is 2.45 bits per heavy atom. The number of carboxylic acids is 1. The Labute approximate surface area is 169 Å². The standard InChI is InChI=1S/C20H15NO7S/c1-28-19(26)13-5-2-11(3-6-13)10-21-17(23)16(29-20(21)27)9-12-4-7-15(22)14(8-12)18(24)25/h2-9,22H,10H2,1H3,(H,24,25). The SMILES string of the molecule is COC(=O)c1ccc(CN2C(=O)SC(=Cc3ccc(O)c(C(=O)O)c3)C2=O)cc1. The summed E-state index contributed by atoms with van der Waals surface area (Å²) in [5.74, 6) is -2.69. The largest absolute Gasteiger partial charge is 0.507 e. The van der Waals surface area contributed by atoms with E-state index in [0.29, 0.717) is 16.7 Å². The van der Waals surface area contributed by atoms with Crippen LogP contribution in [0.15, 0.2) is 47.4 Å². The Morgan fingerprint density at radius 1 is 1.14 bits per heavy atom. The van der Waals surface area contributed by atoms with E-state index in [4.69, 9.17) is 5.11 Å². The Bertz CT molecular complexity index is 1040. The lowest BCUT2D eigenvalue weighted by Gasteiger charge is -2.12. The van der Waals surface area contributed by atoms with E-state index in [1.165, 1.54) is 31.4 Å². The molecule has 1 heterocycles. The summed E-state index contributed by atoms with van der Waals surface area (Å²) in [6.45, 7) is 0.0272. The quantitative estimate of drug-likeness (QED) is 0.566. The van der Waals surface area contributed by atoms with Crippen molar-refractivity contribution in [2.24, 2.45) is 0 Å². The molecule has 1 aliphatic heterocycles. The highest BCUT2D eigenvalue weighted by molar-refractivity contribution is 8.18. The number of rotatable bonds is 5. The molecular formula is C20H15NO7S. The first-order valence-corrected chi connectivity index (χ1v) is 9.10. The lowest BCUT2D eigenvalue weighted by Crippen LogP contribution is -2.27. The molecular weight excluding hydrogens is 398 g/mol. The molecule has 1 aliphatic rings. The van der Waals surface area contributed by atoms with Crippen LogP contribution >= 0.6 is 11.8 Å². The zero-order chi connectivity index (χ0) is 21.1. The van der Waals surface area contributed by atoms with Crippen LogP contribution < -0.4 is 0 Å². The van der Waals surface area contributed by atoms with Crippen molar-refractivity contribution in [3.8, 4) is 5.75 Å². The summed E-state index contributed by atoms with van der Waals surface area (Å²) < 4.78 is 4.62. The van der Waals surface area contributed by atoms with Gasteiger partial charge in [0.1, 0.15) is 11.3 Å². The minimum absolute atomic E-state index is 0.0272. The van der Waals surface area contributed by atoms with E-state index in [1.54, 1.807) is 24.3 Å². The number of phenols is 1. The second-order valence-electron chi connectivity index (χ2n) is 6.04. The number of carboxylic acid groups (broad SMARTS) is 1. The second-order valence-corrected chi connectivity index (χ2v) is 7.03. The van der Waals surface area contributed by atoms with Gasteiger partial charge in [-0.25, -0.2) is 9.59 Å². The summed E-state index contributed by atoms with van der Waals surface area (Å²) in [5, 5.41) is 18.2. The van der Waals surface area contributed by atoms with Gasteiger partial charge in [-0.2, -0.15) is 0 Å². The molecule has 0 aromatic heterocycles. The summed E-state index contributed by atoms with van der Waals surface area (Å²) in [5.41, 5.74) is 1.07. The predicted octanol–water partition coefficient (Wildman–Crippen LogP) is 3.11. The number of nitrogens with zero attached hydrogens (tertiary/aromatic N) is 1. The summed E-state index contributed by atoms with van der Waals surface area (Å²) in [4.78, 5) is 48.7. The molecule has 0 unspecified atom stereocenters. The van der Waals surface area contributed by atoms with E-state index in [9.17, 15) is 24.3 Å². The number of hydrogen-bond donors (Lipinski definition) is 2. The number of ether oxygens (including phenoxy) is 1. The van der Waals surface area contributed by atoms with Crippen LogP contribution in [-0.4, -0.2) is 45.3 Å². The van der Waals surface area contributed by atoms with Crippen molar-refractivity contribution < 1.29 is 34.1 Å². The maximum absolute atomic E-state index is 12.6. The van der Waals surface area contributed by atoms with Gasteiger partial charge in [-0.05, 0) is 53.2 Å². The van der Waals surface area contributed by atoms with Gasteiger partial charge < -0.3 is 14.9 Å². The first-order valence-electron chi connectivity index (χ1n) is 8.29. The molecule has 0 bridgehead atoms. The van der Waals surface area contributed by atoms with E-state index >= 15 is 0 Å². The van der Waals surface area contributed by atoms with Gasteiger partial charge in [0, 0.05) is 0 Å². The number of carbonyl (C=O) groups is 4. The van der Waals surface area contributed by atoms with Crippen molar-refractivity contribution in [3.63, 3.8) is 0 Å². The van der Waals surface area contributed by atoms with Crippen molar-refractivity contribution in [2.45, 2.75) is 6.54 Å². The normalized spacial score (nSPS) is 15.1. The molecule has 1 saturated heterocycles. The van der Waals surface area contributed by atoms with Gasteiger partial charge >= 0.3 is 11.9 Å². The van der Waals surface area contributed by atoms with Gasteiger partial charge in [0.25, 0.3) is 11.1 Å². The van der Waals surface area contributed by atoms with Gasteiger partial charge in [0.05, 0.1) is 24.1 Å². The average molecular weight is 413 g/mol. The Kier molecular flexibility index (Phi) is 5.69. The van der Waals surface area contributed by atoms with Crippen LogP contribution in [0.25, 0.3) is 6.08 Å². The molecule has 148 valence electrons. The molecule has 1 fully saturated rings. The molecule has 0 saturated carbocycles. The molecule has 0 spiro atoms. The van der Waals surface area contributed by atoms with E-state index in [2.05, 4.69) is 4.74 Å². The molecule has 2 N–H and O–H groups in total. The van der Waals surface area contributed by atoms with Gasteiger partial charge in [0.2, 0.25) is 0 Å². The minimum Gasteiger partial charge on any atom is -0.507 e. The van der Waals surface area contributed by atoms with Crippen molar-refractivity contribution in [1.29, 1.82) is 0 Å². The van der Waals surface area contributed by atoms with Crippen molar-refractivity contribution in [2.75, 3.05) is 7.11 Å². The van der Waals surface area contributed by atoms with Gasteiger partial charge in [0.15, 0.2) is 0 Å². The van der Waals surface area contributed by atoms with Crippen LogP contribution in [0.5, 0.6) is 5.75 Å². The molecule has 2 amide bonds. The van der Waals surface area contributed by atoms with Crippen molar-refractivity contribution in [3.05, 3.63) is 69.6 Å². The molecule has 2 aromatic rings. The molecule has 8 nitrogen and oxygen atoms in total. The minimum atomic E-state index is -1.30. The van der Waals surface area contributed by atoms with E-state index in [0.717, 1.165) is 16.7 Å². The average Bonchev–Trinajstić information content (AvgIpc) is 2.96. The molecule has 3 rings (SSSR count). The van der Waals surface area contributed by atoms with Gasteiger partial charge in [-0.3, -0.25) is 14.5 Å². The Balaban J connectivity index is 1.79. The number of amides is 2. The van der Waals surface area contributed by atoms with Crippen molar-refractivity contribution >= 4 is 40.9 Å². The smallest absolute Gasteiger partial charge is 0.339 e. The fourth-order valence-corrected chi connectivity index (χ4v) is 3.49. The number of benzene rings is 2. The number of aromatic carboxylic acids is 1. The number of thioether (sulfide) groups is 1. The van der Waals surface area contributed by atoms with Crippen LogP contribution in [0.1, 0.15) is 31.8 Å². The maximum Gasteiger partial charge on any atom is 0.339 e. The van der Waals surface area contributed by atoms with Gasteiger partial charge in [-0.1, -0.05) is 18.2 Å². The Hall–Kier alpha value is -3.59. The summed E-state index contributed by atoms with van der Waals surface area (Å²) >= 11 is 0.740. The predicted molar refractivity (Wildman–Crippen MR) is 104 cm³/mol. The third kappa shape index (κ3) is 4.30. The number of carbonyl (C=O) groups excluding carboxylic acids is 3. The molecule has 0 radical (unpaired) electrons. The number of imide groups is 1. The maximum atomic E-state index is 12.6. The third-order valence-corrected chi connectivity index (χ3v) is 5.05. The monoisotopic (exact) mass is 413 g/mol. The lowest BCUT2D eigenvalue weighted by atomic mass is 10.1. The zero-order valence-electron chi connectivity index (χ0n) is 15.1. The highest BCUT2D eigenvalue weighted by Crippen LogP contribution is 2.34. The first-order chi connectivity index (χ1) is 13.8. The topological polar surface area (TPSA) is 121 Å². The molecule has 29 heavy (non-hydrogen) atoms. The molecule has 0 atom stereocenters. The zero-order valence-corrected chi connectivity index (χ0v) is 15.9. The number of methoxy groups -OCH3 is 1. The number of aromatic hydroxyl groups is 1. The van der Waals surface area contributed by atoms with Crippen molar-refractivity contribution in [1.82, 2.24) is 4.90 Å². The van der Waals surface area contributed by atoms with Crippen LogP contribution in [0.4, 0.5) is 4.79 Å². The summed E-state index contributed by atoms with van der Waals surface area (Å²) in [6.07, 6.45) is 1.40. The lowest BCUT2D eigenvalue weighted by molar-refractivity contribution is -0.123. The highest BCUT2D eigenvalue weighted by Gasteiger charge is 2.35. The second kappa shape index (κ2) is 8.19. The van der Waals surface area contributed by atoms with Crippen LogP contribution in [-0.2, 0) is 16.1 Å². The summed E-state index contributed by atoms with van der Waals surface area (Å²) in [6, 6.07) is 10.2. The molecule has 0 aliphatic carbocycles. The van der Waals surface area contributed by atoms with E-state index in [-0.39, 0.29) is 17.0 Å². The van der Waals surface area contributed by atoms with E-state index in [1.807, 2.05) is 0 Å². The first kappa shape index (κ1) is 20.2. The third-order valence-electron chi connectivity index (χ3n) is 4.14. The van der Waals surface area contributed by atoms with Crippen LogP contribution in [0.2, 0.25) is 0 Å². The number of esters is 1. The fourth-order valence-electron chi connectivity index (χ4n) is 2.65. The fraction of sp³-hybridized carbons (Fsp3) is 0.100. The Morgan fingerprint density at radius 2 is 1.83 bits per heavy atom. The summed E-state index contributed by atoms with van der Waals surface area (Å²) in [7, 11) is 1.27. The molecule has 9 heteroatoms. The molecule has 2 aromatic carbocycles. The number of hydrogen-bond acceptors (Lipinski definition) is 7. The van der Waals surface area contributed by atoms with Crippen LogP contribution in [0, 0.1) is 0 Å². The highest BCUT2D eigenvalue weighted by atomic mass is 32.2.